The molecule has 2 aliphatic heterocycles. The second-order valence-corrected chi connectivity index (χ2v) is 12.6. The van der Waals surface area contributed by atoms with Crippen LogP contribution in [-0.2, 0) is 22.3 Å². The maximum atomic E-state index is 13.2. The summed E-state index contributed by atoms with van der Waals surface area (Å²) >= 11 is 8.97. The first-order valence-electron chi connectivity index (χ1n) is 15.2. The Kier molecular flexibility index (Phi) is 11.9. The van der Waals surface area contributed by atoms with E-state index in [-0.39, 0.29) is 22.7 Å². The molecule has 0 bridgehead atoms. The van der Waals surface area contributed by atoms with Crippen molar-refractivity contribution in [1.82, 2.24) is 20.1 Å². The third-order valence-electron chi connectivity index (χ3n) is 7.96. The standard InChI is InChI=1S/C33H33BrClF3N6O4/c34-25-6-8-29(26(18-25)32(47)41-39-19-23-3-7-28(35)27(17-23)33(36,37)38)40-31(46)24-4-1-22(2-5-24)20-42-9-11-43(12-10-42)21-30(45)44-13-15-48-16-14-44/h1-8,17-19H,9-16,20-21H2,(H,40,46)(H,41,47)/b39-19+. The molecule has 2 saturated heterocycles. The number of piperazine rings is 1. The van der Waals surface area contributed by atoms with Gasteiger partial charge in [0.05, 0.1) is 47.8 Å². The van der Waals surface area contributed by atoms with E-state index in [1.165, 1.54) is 12.1 Å². The van der Waals surface area contributed by atoms with Crippen LogP contribution in [0.3, 0.4) is 0 Å². The van der Waals surface area contributed by atoms with Crippen LogP contribution < -0.4 is 10.7 Å². The van der Waals surface area contributed by atoms with E-state index < -0.39 is 28.6 Å². The summed E-state index contributed by atoms with van der Waals surface area (Å²) in [6.07, 6.45) is -3.58. The lowest BCUT2D eigenvalue weighted by Gasteiger charge is -2.36. The summed E-state index contributed by atoms with van der Waals surface area (Å²) in [5.74, 6) is -0.972. The number of anilines is 1. The Labute approximate surface area is 289 Å². The zero-order chi connectivity index (χ0) is 34.3. The fourth-order valence-electron chi connectivity index (χ4n) is 5.30. The number of nitrogens with one attached hydrogen (secondary N) is 2. The maximum absolute atomic E-state index is 13.2. The van der Waals surface area contributed by atoms with E-state index in [9.17, 15) is 27.6 Å². The first-order valence-corrected chi connectivity index (χ1v) is 16.3. The van der Waals surface area contributed by atoms with Gasteiger partial charge in [0.1, 0.15) is 0 Å². The van der Waals surface area contributed by atoms with E-state index in [4.69, 9.17) is 16.3 Å². The maximum Gasteiger partial charge on any atom is 0.417 e. The Morgan fingerprint density at radius 2 is 1.58 bits per heavy atom. The van der Waals surface area contributed by atoms with E-state index in [1.807, 2.05) is 17.0 Å². The van der Waals surface area contributed by atoms with Gasteiger partial charge in [-0.05, 0) is 53.6 Å². The molecule has 0 spiro atoms. The minimum atomic E-state index is -4.64. The smallest absolute Gasteiger partial charge is 0.378 e. The summed E-state index contributed by atoms with van der Waals surface area (Å²) in [6, 6.07) is 15.2. The molecule has 0 aliphatic carbocycles. The summed E-state index contributed by atoms with van der Waals surface area (Å²) in [5, 5.41) is 6.09. The van der Waals surface area contributed by atoms with Crippen LogP contribution >= 0.6 is 27.5 Å². The molecule has 2 fully saturated rings. The average molecular weight is 750 g/mol. The molecule has 48 heavy (non-hydrogen) atoms. The molecule has 3 aromatic carbocycles. The van der Waals surface area contributed by atoms with Crippen LogP contribution in [0.1, 0.15) is 37.4 Å². The van der Waals surface area contributed by atoms with Crippen molar-refractivity contribution in [2.24, 2.45) is 5.10 Å². The molecule has 0 aromatic heterocycles. The number of hydrazone groups is 1. The average Bonchev–Trinajstić information content (AvgIpc) is 3.07. The van der Waals surface area contributed by atoms with Crippen LogP contribution in [0.4, 0.5) is 18.9 Å². The van der Waals surface area contributed by atoms with Crippen molar-refractivity contribution in [2.45, 2.75) is 12.7 Å². The van der Waals surface area contributed by atoms with Gasteiger partial charge in [0, 0.05) is 55.8 Å². The van der Waals surface area contributed by atoms with Gasteiger partial charge in [0.15, 0.2) is 0 Å². The van der Waals surface area contributed by atoms with Gasteiger partial charge in [0.2, 0.25) is 5.91 Å². The van der Waals surface area contributed by atoms with Crippen LogP contribution in [0.25, 0.3) is 0 Å². The molecule has 5 rings (SSSR count). The lowest BCUT2D eigenvalue weighted by Crippen LogP contribution is -2.51. The molecule has 0 unspecified atom stereocenters. The highest BCUT2D eigenvalue weighted by Gasteiger charge is 2.33. The molecular weight excluding hydrogens is 717 g/mol. The van der Waals surface area contributed by atoms with Gasteiger partial charge in [0.25, 0.3) is 11.8 Å². The van der Waals surface area contributed by atoms with Crippen molar-refractivity contribution in [3.8, 4) is 0 Å². The van der Waals surface area contributed by atoms with E-state index in [2.05, 4.69) is 41.6 Å². The number of nitrogens with zero attached hydrogens (tertiary/aromatic N) is 4. The highest BCUT2D eigenvalue weighted by molar-refractivity contribution is 9.10. The topological polar surface area (TPSA) is 107 Å². The fourth-order valence-corrected chi connectivity index (χ4v) is 5.89. The van der Waals surface area contributed by atoms with Gasteiger partial charge < -0.3 is 15.0 Å². The van der Waals surface area contributed by atoms with Gasteiger partial charge in [-0.15, -0.1) is 0 Å². The van der Waals surface area contributed by atoms with Crippen LogP contribution in [0.15, 0.2) is 70.2 Å². The Bertz CT molecular complexity index is 1660. The van der Waals surface area contributed by atoms with Crippen molar-refractivity contribution in [3.63, 3.8) is 0 Å². The quantitative estimate of drug-likeness (QED) is 0.233. The predicted molar refractivity (Wildman–Crippen MR) is 179 cm³/mol. The van der Waals surface area contributed by atoms with Gasteiger partial charge in [-0.3, -0.25) is 24.2 Å². The number of halogens is 5. The number of carbonyl (C=O) groups is 3. The third kappa shape index (κ3) is 9.63. The second kappa shape index (κ2) is 16.1. The van der Waals surface area contributed by atoms with E-state index >= 15 is 0 Å². The number of rotatable bonds is 9. The minimum absolute atomic E-state index is 0.0801. The normalized spacial score (nSPS) is 16.2. The monoisotopic (exact) mass is 748 g/mol. The lowest BCUT2D eigenvalue weighted by molar-refractivity contribution is -0.138. The second-order valence-electron chi connectivity index (χ2n) is 11.3. The molecular formula is C33H33BrClF3N6O4. The minimum Gasteiger partial charge on any atom is -0.378 e. The van der Waals surface area contributed by atoms with Gasteiger partial charge in [-0.2, -0.15) is 18.3 Å². The Balaban J connectivity index is 1.13. The van der Waals surface area contributed by atoms with Crippen LogP contribution in [-0.4, -0.2) is 97.7 Å². The highest BCUT2D eigenvalue weighted by atomic mass is 79.9. The number of hydrogen-bond donors (Lipinski definition) is 2. The lowest BCUT2D eigenvalue weighted by atomic mass is 10.1. The van der Waals surface area contributed by atoms with Crippen molar-refractivity contribution in [1.29, 1.82) is 0 Å². The van der Waals surface area contributed by atoms with Gasteiger partial charge >= 0.3 is 6.18 Å². The summed E-state index contributed by atoms with van der Waals surface area (Å²) in [4.78, 5) is 45.0. The number of ether oxygens (including phenoxy) is 1. The van der Waals surface area contributed by atoms with E-state index in [0.29, 0.717) is 49.4 Å². The number of carbonyl (C=O) groups excluding carboxylic acids is 3. The van der Waals surface area contributed by atoms with Crippen molar-refractivity contribution in [3.05, 3.63) is 98.0 Å². The molecule has 3 amide bonds. The SMILES string of the molecule is O=C(Nc1ccc(Br)cc1C(=O)N/N=C/c1ccc(Cl)c(C(F)(F)F)c1)c1ccc(CN2CCN(CC(=O)N3CCOCC3)CC2)cc1. The number of benzene rings is 3. The molecule has 2 aliphatic rings. The molecule has 3 aromatic rings. The van der Waals surface area contributed by atoms with E-state index in [1.54, 1.807) is 24.3 Å². The van der Waals surface area contributed by atoms with Crippen LogP contribution in [0, 0.1) is 0 Å². The molecule has 2 heterocycles. The highest BCUT2D eigenvalue weighted by Crippen LogP contribution is 2.35. The number of amides is 3. The largest absolute Gasteiger partial charge is 0.417 e. The Morgan fingerprint density at radius 1 is 0.896 bits per heavy atom. The predicted octanol–water partition coefficient (Wildman–Crippen LogP) is 5.11. The van der Waals surface area contributed by atoms with Crippen molar-refractivity contribution < 1.29 is 32.3 Å². The first kappa shape index (κ1) is 35.5. The van der Waals surface area contributed by atoms with Crippen LogP contribution in [0.2, 0.25) is 5.02 Å². The number of alkyl halides is 3. The summed E-state index contributed by atoms with van der Waals surface area (Å²) < 4.78 is 45.4. The number of morpholine rings is 1. The van der Waals surface area contributed by atoms with E-state index in [0.717, 1.165) is 50.1 Å². The van der Waals surface area contributed by atoms with Crippen LogP contribution in [0.5, 0.6) is 0 Å². The fraction of sp³-hybridized carbons (Fsp3) is 0.333. The molecule has 10 nitrogen and oxygen atoms in total. The zero-order valence-electron chi connectivity index (χ0n) is 25.7. The Hall–Kier alpha value is -3.82. The molecule has 2 N–H and O–H groups in total. The summed E-state index contributed by atoms with van der Waals surface area (Å²) in [7, 11) is 0. The molecule has 254 valence electrons. The molecule has 15 heteroatoms. The number of hydrogen-bond acceptors (Lipinski definition) is 7. The summed E-state index contributed by atoms with van der Waals surface area (Å²) in [5.41, 5.74) is 3.08. The Morgan fingerprint density at radius 3 is 2.27 bits per heavy atom. The third-order valence-corrected chi connectivity index (χ3v) is 8.78. The van der Waals surface area contributed by atoms with Crippen molar-refractivity contribution in [2.75, 3.05) is 64.3 Å². The molecule has 0 saturated carbocycles. The summed E-state index contributed by atoms with van der Waals surface area (Å²) in [6.45, 7) is 6.84. The zero-order valence-corrected chi connectivity index (χ0v) is 28.1. The molecule has 0 atom stereocenters. The van der Waals surface area contributed by atoms with Gasteiger partial charge in [-0.1, -0.05) is 45.7 Å². The first-order chi connectivity index (χ1) is 23.0. The molecule has 0 radical (unpaired) electrons. The van der Waals surface area contributed by atoms with Crippen molar-refractivity contribution >= 4 is 57.2 Å². The van der Waals surface area contributed by atoms with Gasteiger partial charge in [-0.25, -0.2) is 5.43 Å².